The molecule has 1 nitrogen and oxygen atoms in total. The molecule has 0 aromatic carbocycles. The summed E-state index contributed by atoms with van der Waals surface area (Å²) in [7, 11) is 0. The molecular formula is Cl3OW-5. The number of rotatable bonds is 0. The van der Waals surface area contributed by atoms with Crippen molar-refractivity contribution in [2.24, 2.45) is 0 Å². The summed E-state index contributed by atoms with van der Waals surface area (Å²) in [5.74, 6) is 0. The molecule has 0 saturated carbocycles. The molecule has 0 spiro atoms. The van der Waals surface area contributed by atoms with E-state index >= 15 is 0 Å². The Morgan fingerprint density at radius 1 is 0.600 bits per heavy atom. The van der Waals surface area contributed by atoms with Crippen LogP contribution in [-0.2, 0) is 26.5 Å². The van der Waals surface area contributed by atoms with E-state index in [0.717, 1.165) is 0 Å². The van der Waals surface area contributed by atoms with Gasteiger partial charge in [-0.25, -0.2) is 0 Å². The molecule has 0 saturated heterocycles. The predicted octanol–water partition coefficient (Wildman–Crippen LogP) is -9.11. The van der Waals surface area contributed by atoms with Gasteiger partial charge in [-0.1, -0.05) is 0 Å². The standard InChI is InChI=1S/3ClH.O.W/h3*1H;;/q;;;-2;/p-3. The first-order valence-electron chi connectivity index (χ1n) is 0. The summed E-state index contributed by atoms with van der Waals surface area (Å²) >= 11 is 0. The zero-order chi connectivity index (χ0) is 0. The van der Waals surface area contributed by atoms with E-state index < -0.39 is 0 Å². The first-order valence-corrected chi connectivity index (χ1v) is 0. The molecule has 0 unspecified atom stereocenters. The minimum absolute atomic E-state index is 0. The van der Waals surface area contributed by atoms with E-state index in [4.69, 9.17) is 0 Å². The smallest absolute Gasteiger partial charge is 0 e. The molecule has 0 aliphatic carbocycles. The fourth-order valence-corrected chi connectivity index (χ4v) is 0. The van der Waals surface area contributed by atoms with E-state index in [2.05, 4.69) is 0 Å². The minimum atomic E-state index is 0. The third-order valence-corrected chi connectivity index (χ3v) is 0. The van der Waals surface area contributed by atoms with Crippen LogP contribution in [-0.4, -0.2) is 0 Å². The van der Waals surface area contributed by atoms with Crippen LogP contribution in [0.4, 0.5) is 0 Å². The van der Waals surface area contributed by atoms with Gasteiger partial charge in [0.05, 0.1) is 0 Å². The Morgan fingerprint density at radius 2 is 0.600 bits per heavy atom. The largest absolute Gasteiger partial charge is 2.00 e. The van der Waals surface area contributed by atoms with Gasteiger partial charge >= 0.3 is 0 Å². The zero-order valence-corrected chi connectivity index (χ0v) is 7.15. The quantitative estimate of drug-likeness (QED) is 0.425. The Kier molecular flexibility index (Phi) is 842. The number of halogens is 3. The third kappa shape index (κ3) is 29.6. The van der Waals surface area contributed by atoms with Gasteiger partial charge in [0.1, 0.15) is 0 Å². The van der Waals surface area contributed by atoms with Crippen LogP contribution in [0.3, 0.4) is 0 Å². The second-order valence-electron chi connectivity index (χ2n) is 0. The summed E-state index contributed by atoms with van der Waals surface area (Å²) in [5.41, 5.74) is 0. The van der Waals surface area contributed by atoms with Crippen LogP contribution in [0.1, 0.15) is 0 Å². The van der Waals surface area contributed by atoms with Gasteiger partial charge in [-0.05, 0) is 0 Å². The molecule has 0 aliphatic rings. The Labute approximate surface area is 63.7 Å². The maximum Gasteiger partial charge on any atom is 0 e. The summed E-state index contributed by atoms with van der Waals surface area (Å²) in [6.45, 7) is 0. The molecule has 5 heteroatoms. The van der Waals surface area contributed by atoms with E-state index in [0.29, 0.717) is 0 Å². The molecule has 0 aliphatic heterocycles. The van der Waals surface area contributed by atoms with Gasteiger partial charge in [0.25, 0.3) is 0 Å². The van der Waals surface area contributed by atoms with E-state index in [1.54, 1.807) is 0 Å². The number of hydrogen-bond acceptors (Lipinski definition) is 0. The van der Waals surface area contributed by atoms with Gasteiger partial charge in [-0.2, -0.15) is 0 Å². The van der Waals surface area contributed by atoms with Gasteiger partial charge in [-0.3, -0.25) is 0 Å². The monoisotopic (exact) mass is 305 g/mol. The summed E-state index contributed by atoms with van der Waals surface area (Å²) in [6, 6.07) is 0. The first kappa shape index (κ1) is 86.1. The molecule has 0 bridgehead atoms. The van der Waals surface area contributed by atoms with Crippen molar-refractivity contribution in [2.45, 2.75) is 0 Å². The van der Waals surface area contributed by atoms with Crippen molar-refractivity contribution in [1.82, 2.24) is 0 Å². The molecule has 0 atom stereocenters. The van der Waals surface area contributed by atoms with Crippen molar-refractivity contribution in [3.8, 4) is 0 Å². The van der Waals surface area contributed by atoms with Crippen LogP contribution in [0.25, 0.3) is 0 Å². The van der Waals surface area contributed by atoms with Gasteiger partial charge in [0, 0.05) is 21.1 Å². The van der Waals surface area contributed by atoms with Crippen molar-refractivity contribution in [2.75, 3.05) is 0 Å². The number of hydrogen-bond donors (Lipinski definition) is 0. The summed E-state index contributed by atoms with van der Waals surface area (Å²) in [5, 5.41) is 0. The molecule has 0 fully saturated rings. The zero-order valence-electron chi connectivity index (χ0n) is 1.95. The molecule has 0 aromatic rings. The van der Waals surface area contributed by atoms with Crippen molar-refractivity contribution < 1.29 is 63.8 Å². The second kappa shape index (κ2) is 48.9. The minimum Gasteiger partial charge on any atom is -2.00 e. The van der Waals surface area contributed by atoms with Crippen molar-refractivity contribution in [3.63, 3.8) is 0 Å². The molecule has 0 aromatic heterocycles. The van der Waals surface area contributed by atoms with Gasteiger partial charge in [-0.15, -0.1) is 0 Å². The predicted molar refractivity (Wildman–Crippen MR) is 0.686 cm³/mol. The molecule has 38 valence electrons. The van der Waals surface area contributed by atoms with Gasteiger partial charge in [0.2, 0.25) is 0 Å². The Bertz CT molecular complexity index is 6.85. The molecule has 0 N–H and O–H groups in total. The van der Waals surface area contributed by atoms with E-state index in [1.807, 2.05) is 0 Å². The molecular weight excluding hydrogens is 306 g/mol. The van der Waals surface area contributed by atoms with Crippen LogP contribution < -0.4 is 37.2 Å². The molecule has 0 radical (unpaired) electrons. The first-order chi connectivity index (χ1) is 0. The summed E-state index contributed by atoms with van der Waals surface area (Å²) in [6.07, 6.45) is 0. The van der Waals surface area contributed by atoms with Crippen LogP contribution in [0.5, 0.6) is 0 Å². The summed E-state index contributed by atoms with van der Waals surface area (Å²) < 4.78 is 0. The third-order valence-electron chi connectivity index (χ3n) is 0. The maximum atomic E-state index is 0. The Morgan fingerprint density at radius 3 is 0.600 bits per heavy atom. The topological polar surface area (TPSA) is 28.5 Å². The van der Waals surface area contributed by atoms with Crippen LogP contribution in [0, 0.1) is 0 Å². The van der Waals surface area contributed by atoms with E-state index in [9.17, 15) is 0 Å². The van der Waals surface area contributed by atoms with Crippen LogP contribution in [0.15, 0.2) is 0 Å². The normalized spacial score (nSPS) is 0. The molecule has 0 rings (SSSR count). The average Bonchev–Trinajstić information content (AvgIpc) is 0. The van der Waals surface area contributed by atoms with Crippen LogP contribution >= 0.6 is 0 Å². The van der Waals surface area contributed by atoms with Crippen molar-refractivity contribution in [1.29, 1.82) is 0 Å². The van der Waals surface area contributed by atoms with Crippen molar-refractivity contribution in [3.05, 3.63) is 0 Å². The fourth-order valence-electron chi connectivity index (χ4n) is 0. The maximum absolute atomic E-state index is 0. The Balaban J connectivity index is 0. The van der Waals surface area contributed by atoms with Gasteiger partial charge < -0.3 is 42.7 Å². The molecule has 0 heterocycles. The van der Waals surface area contributed by atoms with E-state index in [1.165, 1.54) is 0 Å². The second-order valence-corrected chi connectivity index (χ2v) is 0. The van der Waals surface area contributed by atoms with E-state index in [-0.39, 0.29) is 63.8 Å². The SMILES string of the molecule is [Cl-].[Cl-].[Cl-].[O-2].[W]. The fraction of sp³-hybridized carbons (Fsp3) is 0. The summed E-state index contributed by atoms with van der Waals surface area (Å²) in [4.78, 5) is 0. The van der Waals surface area contributed by atoms with Gasteiger partial charge in [0.15, 0.2) is 0 Å². The van der Waals surface area contributed by atoms with Crippen molar-refractivity contribution >= 4 is 0 Å². The van der Waals surface area contributed by atoms with Crippen LogP contribution in [0.2, 0.25) is 0 Å². The molecule has 5 heavy (non-hydrogen) atoms. The molecule has 0 amide bonds. The Hall–Kier alpha value is 1.52. The average molecular weight is 306 g/mol.